The van der Waals surface area contributed by atoms with Crippen molar-refractivity contribution >= 4 is 41.6 Å². The Morgan fingerprint density at radius 1 is 0.949 bits per heavy atom. The van der Waals surface area contributed by atoms with Crippen LogP contribution in [0.25, 0.3) is 0 Å². The van der Waals surface area contributed by atoms with Gasteiger partial charge < -0.3 is 37.3 Å². The van der Waals surface area contributed by atoms with Crippen molar-refractivity contribution in [2.24, 2.45) is 16.5 Å². The Balaban J connectivity index is 1.89. The third-order valence-electron chi connectivity index (χ3n) is 5.23. The van der Waals surface area contributed by atoms with Crippen molar-refractivity contribution in [1.82, 2.24) is 16.0 Å². The van der Waals surface area contributed by atoms with Crippen molar-refractivity contribution in [2.75, 3.05) is 18.8 Å². The van der Waals surface area contributed by atoms with Crippen LogP contribution in [0.4, 0.5) is 4.79 Å². The van der Waals surface area contributed by atoms with E-state index < -0.39 is 35.3 Å². The summed E-state index contributed by atoms with van der Waals surface area (Å²) < 4.78 is 5.16. The quantitative estimate of drug-likeness (QED) is 0.0763. The molecule has 8 N–H and O–H groups in total. The molecule has 0 aliphatic carbocycles. The number of ether oxygens (including phenoxy) is 1. The Bertz CT molecular complexity index is 1100. The second kappa shape index (κ2) is 17.3. The van der Waals surface area contributed by atoms with Gasteiger partial charge in [0.25, 0.3) is 5.91 Å². The van der Waals surface area contributed by atoms with E-state index in [1.807, 2.05) is 30.3 Å². The van der Waals surface area contributed by atoms with Crippen LogP contribution >= 0.6 is 11.8 Å². The number of rotatable bonds is 16. The van der Waals surface area contributed by atoms with E-state index >= 15 is 0 Å². The zero-order chi connectivity index (χ0) is 28.5. The molecule has 210 valence electrons. The molecule has 2 aromatic rings. The van der Waals surface area contributed by atoms with Crippen LogP contribution in [0.1, 0.15) is 35.2 Å². The fraction of sp³-hybridized carbons (Fsp3) is 0.346. The minimum atomic E-state index is -1.26. The first-order chi connectivity index (χ1) is 18.8. The van der Waals surface area contributed by atoms with Gasteiger partial charge in [-0.25, -0.2) is 9.59 Å². The highest BCUT2D eigenvalue weighted by Crippen LogP contribution is 2.11. The van der Waals surface area contributed by atoms with Crippen LogP contribution in [0, 0.1) is 0 Å². The molecule has 0 bridgehead atoms. The number of benzene rings is 2. The zero-order valence-corrected chi connectivity index (χ0v) is 22.2. The largest absolute Gasteiger partial charge is 0.479 e. The smallest absolute Gasteiger partial charge is 0.407 e. The Kier molecular flexibility index (Phi) is 13.7. The zero-order valence-electron chi connectivity index (χ0n) is 21.4. The lowest BCUT2D eigenvalue weighted by Crippen LogP contribution is -2.50. The van der Waals surface area contributed by atoms with Crippen LogP contribution in [0.2, 0.25) is 0 Å². The average Bonchev–Trinajstić information content (AvgIpc) is 2.93. The summed E-state index contributed by atoms with van der Waals surface area (Å²) in [6, 6.07) is 16.6. The van der Waals surface area contributed by atoms with E-state index in [2.05, 4.69) is 20.9 Å². The second-order valence-corrected chi connectivity index (χ2v) is 9.49. The Morgan fingerprint density at radius 3 is 2.26 bits per heavy atom. The van der Waals surface area contributed by atoms with Gasteiger partial charge in [0, 0.05) is 17.9 Å². The molecule has 1 unspecified atom stereocenters. The molecule has 39 heavy (non-hydrogen) atoms. The molecule has 3 amide bonds. The molecule has 0 heterocycles. The molecule has 2 rings (SSSR count). The molecule has 0 saturated heterocycles. The van der Waals surface area contributed by atoms with Crippen molar-refractivity contribution in [1.29, 1.82) is 0 Å². The number of hydrogen-bond donors (Lipinski definition) is 6. The number of alkyl carbamates (subject to hydrolysis) is 1. The first-order valence-electron chi connectivity index (χ1n) is 12.3. The van der Waals surface area contributed by atoms with Gasteiger partial charge >= 0.3 is 12.1 Å². The van der Waals surface area contributed by atoms with Gasteiger partial charge in [0.05, 0.1) is 6.54 Å². The predicted molar refractivity (Wildman–Crippen MR) is 149 cm³/mol. The number of nitrogens with two attached hydrogens (primary N) is 2. The summed E-state index contributed by atoms with van der Waals surface area (Å²) in [5.41, 5.74) is 11.8. The van der Waals surface area contributed by atoms with Crippen LogP contribution in [-0.4, -0.2) is 65.2 Å². The highest BCUT2D eigenvalue weighted by Gasteiger charge is 2.27. The number of aliphatic imine (C=N–C) groups is 1. The highest BCUT2D eigenvalue weighted by atomic mass is 32.2. The number of guanidine groups is 1. The summed E-state index contributed by atoms with van der Waals surface area (Å²) in [6.07, 6.45) is 0.617. The van der Waals surface area contributed by atoms with Crippen molar-refractivity contribution in [3.8, 4) is 0 Å². The lowest BCUT2D eigenvalue weighted by Gasteiger charge is -2.21. The number of hydrogen-bond acceptors (Lipinski definition) is 7. The van der Waals surface area contributed by atoms with Gasteiger partial charge in [0.15, 0.2) is 11.3 Å². The number of thioether (sulfide) groups is 1. The summed E-state index contributed by atoms with van der Waals surface area (Å²) in [5, 5.41) is 16.1. The highest BCUT2D eigenvalue weighted by molar-refractivity contribution is 8.00. The maximum atomic E-state index is 13.0. The van der Waals surface area contributed by atoms with Crippen LogP contribution in [0.5, 0.6) is 0 Å². The van der Waals surface area contributed by atoms with Crippen molar-refractivity contribution in [3.05, 3.63) is 71.8 Å². The lowest BCUT2D eigenvalue weighted by atomic mass is 10.1. The molecule has 0 saturated carbocycles. The molecule has 13 heteroatoms. The van der Waals surface area contributed by atoms with E-state index in [4.69, 9.17) is 16.2 Å². The number of unbranched alkanes of at least 4 members (excludes halogenated alkanes) is 1. The van der Waals surface area contributed by atoms with E-state index in [1.165, 1.54) is 0 Å². The van der Waals surface area contributed by atoms with Crippen LogP contribution in [0.15, 0.2) is 65.7 Å². The minimum Gasteiger partial charge on any atom is -0.479 e. The predicted octanol–water partition coefficient (Wildman–Crippen LogP) is 1.42. The van der Waals surface area contributed by atoms with Gasteiger partial charge in [-0.15, -0.1) is 11.8 Å². The van der Waals surface area contributed by atoms with Gasteiger partial charge in [-0.3, -0.25) is 14.6 Å². The summed E-state index contributed by atoms with van der Waals surface area (Å²) >= 11 is 0.947. The van der Waals surface area contributed by atoms with Crippen molar-refractivity contribution < 1.29 is 29.0 Å². The third-order valence-corrected chi connectivity index (χ3v) is 6.30. The number of carboxylic acid groups (broad SMARTS) is 1. The third kappa shape index (κ3) is 12.7. The summed E-state index contributed by atoms with van der Waals surface area (Å²) in [5.74, 6) is -2.22. The number of carbonyl (C=O) groups excluding carboxylic acids is 3. The van der Waals surface area contributed by atoms with Gasteiger partial charge in [-0.2, -0.15) is 0 Å². The molecule has 0 aliphatic heterocycles. The van der Waals surface area contributed by atoms with Crippen LogP contribution in [0.3, 0.4) is 0 Å². The first-order valence-corrected chi connectivity index (χ1v) is 13.3. The average molecular weight is 559 g/mol. The topological polar surface area (TPSA) is 198 Å². The summed E-state index contributed by atoms with van der Waals surface area (Å²) in [7, 11) is 0. The normalized spacial score (nSPS) is 11.9. The Labute approximate surface area is 230 Å². The Hall–Kier alpha value is -4.26. The number of carbonyl (C=O) groups is 4. The molecule has 0 spiro atoms. The number of carboxylic acids is 1. The van der Waals surface area contributed by atoms with Gasteiger partial charge in [0.2, 0.25) is 5.91 Å². The standard InChI is InChI=1S/C26H34N6O6S/c27-25(28)29-15-16-39-23(24(35)36)32-22(34)20(31-21(33)19-11-5-2-6-12-19)13-7-8-14-30-26(37)38-17-18-9-3-1-4-10-18/h1-6,9-12,20,23H,7-8,13-17H2,(H,30,37)(H,31,33)(H,32,34)(H,35,36)(H4,27,28,29)/t20-,23?/m0/s1. The van der Waals surface area contributed by atoms with Gasteiger partial charge in [-0.1, -0.05) is 48.5 Å². The molecule has 0 aliphatic rings. The second-order valence-electron chi connectivity index (χ2n) is 8.28. The fourth-order valence-corrected chi connectivity index (χ4v) is 4.06. The Morgan fingerprint density at radius 2 is 1.62 bits per heavy atom. The van der Waals surface area contributed by atoms with Crippen molar-refractivity contribution in [2.45, 2.75) is 37.3 Å². The van der Waals surface area contributed by atoms with Crippen molar-refractivity contribution in [3.63, 3.8) is 0 Å². The molecule has 0 aromatic heterocycles. The van der Waals surface area contributed by atoms with Gasteiger partial charge in [0.1, 0.15) is 12.6 Å². The number of aliphatic carboxylic acids is 1. The van der Waals surface area contributed by atoms with E-state index in [0.29, 0.717) is 24.9 Å². The number of amides is 3. The van der Waals surface area contributed by atoms with Crippen LogP contribution < -0.4 is 27.4 Å². The maximum Gasteiger partial charge on any atom is 0.407 e. The molecular formula is C26H34N6O6S. The molecule has 0 fully saturated rings. The van der Waals surface area contributed by atoms with E-state index in [-0.39, 0.29) is 31.3 Å². The molecule has 12 nitrogen and oxygen atoms in total. The molecule has 2 aromatic carbocycles. The van der Waals surface area contributed by atoms with Gasteiger partial charge in [-0.05, 0) is 37.0 Å². The molecule has 2 atom stereocenters. The number of nitrogens with zero attached hydrogens (tertiary/aromatic N) is 1. The lowest BCUT2D eigenvalue weighted by molar-refractivity contribution is -0.139. The fourth-order valence-electron chi connectivity index (χ4n) is 3.29. The SMILES string of the molecule is NC(N)=NCCSC(NC(=O)[C@H](CCCCNC(=O)OCc1ccccc1)NC(=O)c1ccccc1)C(=O)O. The van der Waals surface area contributed by atoms with E-state index in [1.54, 1.807) is 30.3 Å². The molecular weight excluding hydrogens is 524 g/mol. The van der Waals surface area contributed by atoms with E-state index in [0.717, 1.165) is 17.3 Å². The minimum absolute atomic E-state index is 0.117. The summed E-state index contributed by atoms with van der Waals surface area (Å²) in [4.78, 5) is 53.1. The molecule has 0 radical (unpaired) electrons. The monoisotopic (exact) mass is 558 g/mol. The number of nitrogens with one attached hydrogen (secondary N) is 3. The summed E-state index contributed by atoms with van der Waals surface area (Å²) in [6.45, 7) is 0.629. The maximum absolute atomic E-state index is 13.0. The van der Waals surface area contributed by atoms with E-state index in [9.17, 15) is 24.3 Å². The first kappa shape index (κ1) is 31.0. The van der Waals surface area contributed by atoms with Crippen LogP contribution in [-0.2, 0) is 20.9 Å².